The molecule has 2 heterocycles. The molecule has 1 aromatic carbocycles. The lowest BCUT2D eigenvalue weighted by molar-refractivity contribution is 0.0948. The average molecular weight is 398 g/mol. The Morgan fingerprint density at radius 3 is 2.72 bits per heavy atom. The quantitative estimate of drug-likeness (QED) is 0.670. The van der Waals surface area contributed by atoms with Crippen molar-refractivity contribution < 1.29 is 13.2 Å². The molecule has 0 radical (unpaired) electrons. The van der Waals surface area contributed by atoms with E-state index in [0.29, 0.717) is 5.02 Å². The van der Waals surface area contributed by atoms with Gasteiger partial charge in [0, 0.05) is 31.0 Å². The predicted molar refractivity (Wildman–Crippen MR) is 99.8 cm³/mol. The van der Waals surface area contributed by atoms with Gasteiger partial charge in [0.25, 0.3) is 15.9 Å². The van der Waals surface area contributed by atoms with Gasteiger partial charge < -0.3 is 10.3 Å². The Morgan fingerprint density at radius 1 is 1.28 bits per heavy atom. The Morgan fingerprint density at radius 2 is 2.04 bits per heavy atom. The first-order valence-electron chi connectivity index (χ1n) is 7.45. The van der Waals surface area contributed by atoms with E-state index in [1.807, 2.05) is 24.3 Å². The first-order chi connectivity index (χ1) is 11.9. The highest BCUT2D eigenvalue weighted by molar-refractivity contribution is 7.91. The lowest BCUT2D eigenvalue weighted by Crippen LogP contribution is -2.36. The normalized spacial score (nSPS) is 12.0. The van der Waals surface area contributed by atoms with Crippen LogP contribution >= 0.6 is 22.9 Å². The van der Waals surface area contributed by atoms with Gasteiger partial charge in [0.05, 0.1) is 5.02 Å². The van der Waals surface area contributed by atoms with E-state index in [1.165, 1.54) is 11.4 Å². The molecule has 0 unspecified atom stereocenters. The number of rotatable bonds is 6. The van der Waals surface area contributed by atoms with Crippen molar-refractivity contribution in [2.75, 3.05) is 20.1 Å². The number of para-hydroxylation sites is 1. The van der Waals surface area contributed by atoms with E-state index in [2.05, 4.69) is 10.3 Å². The van der Waals surface area contributed by atoms with Gasteiger partial charge in [-0.05, 0) is 17.5 Å². The summed E-state index contributed by atoms with van der Waals surface area (Å²) in [7, 11) is -2.04. The molecule has 132 valence electrons. The molecular weight excluding hydrogens is 382 g/mol. The fourth-order valence-electron chi connectivity index (χ4n) is 2.36. The minimum atomic E-state index is -3.52. The van der Waals surface area contributed by atoms with Gasteiger partial charge in [0.15, 0.2) is 0 Å². The van der Waals surface area contributed by atoms with Gasteiger partial charge in [-0.25, -0.2) is 8.42 Å². The molecule has 0 saturated carbocycles. The Bertz CT molecular complexity index is 997. The second kappa shape index (κ2) is 7.17. The summed E-state index contributed by atoms with van der Waals surface area (Å²) in [6, 6.07) is 10.6. The predicted octanol–water partition coefficient (Wildman–Crippen LogP) is 2.93. The maximum absolute atomic E-state index is 12.3. The van der Waals surface area contributed by atoms with Crippen molar-refractivity contribution >= 4 is 49.8 Å². The van der Waals surface area contributed by atoms with E-state index < -0.39 is 10.0 Å². The van der Waals surface area contributed by atoms with Crippen LogP contribution in [-0.2, 0) is 10.0 Å². The second-order valence-electron chi connectivity index (χ2n) is 5.37. The van der Waals surface area contributed by atoms with Crippen LogP contribution in [0.2, 0.25) is 5.02 Å². The number of amides is 1. The van der Waals surface area contributed by atoms with Crippen LogP contribution in [0.3, 0.4) is 0 Å². The van der Waals surface area contributed by atoms with Gasteiger partial charge in [0.1, 0.15) is 9.90 Å². The third-order valence-corrected chi connectivity index (χ3v) is 7.36. The molecule has 0 aliphatic rings. The fraction of sp³-hybridized carbons (Fsp3) is 0.188. The highest BCUT2D eigenvalue weighted by Crippen LogP contribution is 2.27. The van der Waals surface area contributed by atoms with Gasteiger partial charge in [0.2, 0.25) is 0 Å². The average Bonchev–Trinajstić information content (AvgIpc) is 3.24. The van der Waals surface area contributed by atoms with Crippen LogP contribution in [-0.4, -0.2) is 43.8 Å². The molecular formula is C16H16ClN3O3S2. The number of nitrogens with zero attached hydrogens (tertiary/aromatic N) is 1. The molecule has 0 saturated heterocycles. The molecule has 9 heteroatoms. The summed E-state index contributed by atoms with van der Waals surface area (Å²) < 4.78 is 26.1. The highest BCUT2D eigenvalue weighted by Gasteiger charge is 2.22. The Kier molecular flexibility index (Phi) is 5.14. The van der Waals surface area contributed by atoms with E-state index in [-0.39, 0.29) is 28.9 Å². The van der Waals surface area contributed by atoms with Crippen LogP contribution in [0.25, 0.3) is 10.9 Å². The summed E-state index contributed by atoms with van der Waals surface area (Å²) in [5.74, 6) is -0.372. The highest BCUT2D eigenvalue weighted by atomic mass is 35.5. The number of H-pyrrole nitrogens is 1. The Hall–Kier alpha value is -1.87. The molecule has 0 aliphatic heterocycles. The zero-order valence-electron chi connectivity index (χ0n) is 13.3. The molecule has 3 rings (SSSR count). The molecule has 3 aromatic rings. The maximum Gasteiger partial charge on any atom is 0.269 e. The fourth-order valence-corrected chi connectivity index (χ4v) is 5.03. The lowest BCUT2D eigenvalue weighted by Gasteiger charge is -2.16. The first-order valence-corrected chi connectivity index (χ1v) is 10.2. The number of hydrogen-bond acceptors (Lipinski definition) is 4. The summed E-state index contributed by atoms with van der Waals surface area (Å²) >= 11 is 7.40. The van der Waals surface area contributed by atoms with E-state index >= 15 is 0 Å². The van der Waals surface area contributed by atoms with Crippen LogP contribution in [0.15, 0.2) is 46.0 Å². The first kappa shape index (κ1) is 17.9. The van der Waals surface area contributed by atoms with Crippen molar-refractivity contribution in [3.63, 3.8) is 0 Å². The van der Waals surface area contributed by atoms with E-state index in [0.717, 1.165) is 22.2 Å². The maximum atomic E-state index is 12.3. The lowest BCUT2D eigenvalue weighted by atomic mass is 10.2. The van der Waals surface area contributed by atoms with Crippen LogP contribution in [0.1, 0.15) is 10.5 Å². The SMILES string of the molecule is CN(CCNC(=O)c1[nH]c2ccccc2c1Cl)S(=O)(=O)c1cccs1. The molecule has 25 heavy (non-hydrogen) atoms. The number of aromatic nitrogens is 1. The zero-order valence-corrected chi connectivity index (χ0v) is 15.7. The molecule has 2 N–H and O–H groups in total. The Labute approximate surface area is 154 Å². The largest absolute Gasteiger partial charge is 0.349 e. The number of thiophene rings is 1. The minimum Gasteiger partial charge on any atom is -0.349 e. The number of sulfonamides is 1. The standard InChI is InChI=1S/C16H16ClN3O3S2/c1-20(25(22,23)13-7-4-10-24-13)9-8-18-16(21)15-14(17)11-5-2-3-6-12(11)19-15/h2-7,10,19H,8-9H2,1H3,(H,18,21). The number of halogens is 1. The number of likely N-dealkylation sites (N-methyl/N-ethyl adjacent to an activating group) is 1. The monoisotopic (exact) mass is 397 g/mol. The van der Waals surface area contributed by atoms with Crippen molar-refractivity contribution in [1.82, 2.24) is 14.6 Å². The third-order valence-electron chi connectivity index (χ3n) is 3.74. The van der Waals surface area contributed by atoms with Crippen LogP contribution in [0.5, 0.6) is 0 Å². The number of carbonyl (C=O) groups excluding carboxylic acids is 1. The van der Waals surface area contributed by atoms with E-state index in [9.17, 15) is 13.2 Å². The summed E-state index contributed by atoms with van der Waals surface area (Å²) in [4.78, 5) is 15.3. The smallest absolute Gasteiger partial charge is 0.269 e. The summed E-state index contributed by atoms with van der Waals surface area (Å²) in [5.41, 5.74) is 1.04. The third kappa shape index (κ3) is 3.57. The molecule has 0 aliphatic carbocycles. The van der Waals surface area contributed by atoms with Crippen LogP contribution in [0, 0.1) is 0 Å². The van der Waals surface area contributed by atoms with Crippen molar-refractivity contribution in [1.29, 1.82) is 0 Å². The van der Waals surface area contributed by atoms with Crippen molar-refractivity contribution in [3.05, 3.63) is 52.5 Å². The van der Waals surface area contributed by atoms with Gasteiger partial charge >= 0.3 is 0 Å². The minimum absolute atomic E-state index is 0.157. The molecule has 0 spiro atoms. The van der Waals surface area contributed by atoms with E-state index in [4.69, 9.17) is 11.6 Å². The topological polar surface area (TPSA) is 82.3 Å². The number of fused-ring (bicyclic) bond motifs is 1. The van der Waals surface area contributed by atoms with Crippen LogP contribution in [0.4, 0.5) is 0 Å². The Balaban J connectivity index is 1.63. The number of carbonyl (C=O) groups is 1. The number of nitrogens with one attached hydrogen (secondary N) is 2. The van der Waals surface area contributed by atoms with Crippen molar-refractivity contribution in [2.45, 2.75) is 4.21 Å². The molecule has 6 nitrogen and oxygen atoms in total. The number of benzene rings is 1. The van der Waals surface area contributed by atoms with E-state index in [1.54, 1.807) is 17.5 Å². The summed E-state index contributed by atoms with van der Waals surface area (Å²) in [6.07, 6.45) is 0. The summed E-state index contributed by atoms with van der Waals surface area (Å²) in [6.45, 7) is 0.329. The molecule has 0 bridgehead atoms. The molecule has 1 amide bonds. The van der Waals surface area contributed by atoms with Gasteiger partial charge in [-0.15, -0.1) is 11.3 Å². The van der Waals surface area contributed by atoms with Gasteiger partial charge in [-0.1, -0.05) is 35.9 Å². The number of aromatic amines is 1. The summed E-state index contributed by atoms with van der Waals surface area (Å²) in [5, 5.41) is 5.52. The van der Waals surface area contributed by atoms with Crippen molar-refractivity contribution in [3.8, 4) is 0 Å². The second-order valence-corrected chi connectivity index (χ2v) is 8.97. The molecule has 0 atom stereocenters. The van der Waals surface area contributed by atoms with Crippen LogP contribution < -0.4 is 5.32 Å². The molecule has 0 fully saturated rings. The van der Waals surface area contributed by atoms with Gasteiger partial charge in [-0.2, -0.15) is 4.31 Å². The molecule has 2 aromatic heterocycles. The number of hydrogen-bond donors (Lipinski definition) is 2. The zero-order chi connectivity index (χ0) is 18.0. The van der Waals surface area contributed by atoms with Gasteiger partial charge in [-0.3, -0.25) is 4.79 Å². The van der Waals surface area contributed by atoms with Crippen molar-refractivity contribution in [2.24, 2.45) is 0 Å².